The topological polar surface area (TPSA) is 78.9 Å². The summed E-state index contributed by atoms with van der Waals surface area (Å²) < 4.78 is 16.9. The molecule has 6 heteroatoms. The van der Waals surface area contributed by atoms with Crippen molar-refractivity contribution in [2.75, 3.05) is 13.2 Å². The van der Waals surface area contributed by atoms with Crippen LogP contribution in [0.5, 0.6) is 0 Å². The van der Waals surface area contributed by atoms with E-state index in [4.69, 9.17) is 14.2 Å². The van der Waals surface area contributed by atoms with Gasteiger partial charge in [-0.1, -0.05) is 304 Å². The van der Waals surface area contributed by atoms with Crippen LogP contribution >= 0.6 is 0 Å². The molecular weight excluding hydrogens is 829 g/mol. The van der Waals surface area contributed by atoms with Crippen molar-refractivity contribution in [3.8, 4) is 0 Å². The van der Waals surface area contributed by atoms with Crippen molar-refractivity contribution in [3.05, 3.63) is 0 Å². The lowest BCUT2D eigenvalue weighted by Crippen LogP contribution is -2.30. The van der Waals surface area contributed by atoms with E-state index in [0.29, 0.717) is 19.3 Å². The first-order valence-electron chi connectivity index (χ1n) is 30.2. The molecule has 0 N–H and O–H groups in total. The Morgan fingerprint density at radius 2 is 0.493 bits per heavy atom. The van der Waals surface area contributed by atoms with Crippen molar-refractivity contribution in [1.82, 2.24) is 0 Å². The van der Waals surface area contributed by atoms with Gasteiger partial charge in [0, 0.05) is 19.3 Å². The molecule has 398 valence electrons. The van der Waals surface area contributed by atoms with Crippen molar-refractivity contribution in [1.29, 1.82) is 0 Å². The zero-order valence-electron chi connectivity index (χ0n) is 46.0. The third-order valence-electron chi connectivity index (χ3n) is 14.0. The maximum atomic E-state index is 12.9. The molecule has 0 aliphatic heterocycles. The highest BCUT2D eigenvalue weighted by Gasteiger charge is 2.19. The summed E-state index contributed by atoms with van der Waals surface area (Å²) in [5.41, 5.74) is 0. The van der Waals surface area contributed by atoms with Gasteiger partial charge in [-0.2, -0.15) is 0 Å². The van der Waals surface area contributed by atoms with E-state index in [1.807, 2.05) is 0 Å². The van der Waals surface area contributed by atoms with E-state index < -0.39 is 6.10 Å². The zero-order chi connectivity index (χ0) is 48.9. The van der Waals surface area contributed by atoms with E-state index in [-0.39, 0.29) is 31.1 Å². The van der Waals surface area contributed by atoms with Gasteiger partial charge in [-0.05, 0) is 31.1 Å². The molecule has 0 heterocycles. The molecule has 0 rings (SSSR count). The molecule has 0 aliphatic carbocycles. The molecule has 0 aromatic carbocycles. The van der Waals surface area contributed by atoms with E-state index in [2.05, 4.69) is 34.6 Å². The van der Waals surface area contributed by atoms with Crippen LogP contribution in [-0.4, -0.2) is 37.2 Å². The smallest absolute Gasteiger partial charge is 0.306 e. The first kappa shape index (κ1) is 65.4. The summed E-state index contributed by atoms with van der Waals surface area (Å²) in [5, 5.41) is 0. The lowest BCUT2D eigenvalue weighted by Gasteiger charge is -2.18. The van der Waals surface area contributed by atoms with Gasteiger partial charge in [-0.3, -0.25) is 14.4 Å². The molecule has 0 bridgehead atoms. The van der Waals surface area contributed by atoms with Gasteiger partial charge in [0.1, 0.15) is 13.2 Å². The summed E-state index contributed by atoms with van der Waals surface area (Å²) in [6.45, 7) is 11.4. The van der Waals surface area contributed by atoms with Gasteiger partial charge in [0.15, 0.2) is 6.10 Å². The van der Waals surface area contributed by atoms with Crippen molar-refractivity contribution >= 4 is 17.9 Å². The fraction of sp³-hybridized carbons (Fsp3) is 0.951. The number of unbranched alkanes of at least 4 members (excludes halogenated alkanes) is 40. The fourth-order valence-electron chi connectivity index (χ4n) is 9.40. The van der Waals surface area contributed by atoms with Crippen molar-refractivity contribution in [2.45, 2.75) is 349 Å². The highest BCUT2D eigenvalue weighted by molar-refractivity contribution is 5.71. The van der Waals surface area contributed by atoms with Crippen molar-refractivity contribution < 1.29 is 28.6 Å². The lowest BCUT2D eigenvalue weighted by atomic mass is 10.0. The second kappa shape index (κ2) is 53.8. The van der Waals surface area contributed by atoms with Crippen LogP contribution in [0.4, 0.5) is 0 Å². The van der Waals surface area contributed by atoms with Gasteiger partial charge in [-0.15, -0.1) is 0 Å². The quantitative estimate of drug-likeness (QED) is 0.0343. The fourth-order valence-corrected chi connectivity index (χ4v) is 9.40. The molecule has 0 fully saturated rings. The van der Waals surface area contributed by atoms with E-state index in [0.717, 1.165) is 69.6 Å². The third-order valence-corrected chi connectivity index (χ3v) is 14.0. The predicted octanol–water partition coefficient (Wildman–Crippen LogP) is 20.0. The molecule has 0 aromatic heterocycles. The Morgan fingerprint density at radius 3 is 0.731 bits per heavy atom. The molecule has 6 nitrogen and oxygen atoms in total. The highest BCUT2D eigenvalue weighted by atomic mass is 16.6. The average molecular weight is 948 g/mol. The number of carbonyl (C=O) groups excluding carboxylic acids is 3. The molecular formula is C61H118O6. The molecule has 0 aromatic rings. The zero-order valence-corrected chi connectivity index (χ0v) is 46.0. The summed E-state index contributed by atoms with van der Waals surface area (Å²) >= 11 is 0. The Morgan fingerprint density at radius 1 is 0.284 bits per heavy atom. The Balaban J connectivity index is 4.29. The summed E-state index contributed by atoms with van der Waals surface area (Å²) in [5.74, 6) is 0.852. The first-order valence-corrected chi connectivity index (χ1v) is 30.2. The van der Waals surface area contributed by atoms with Crippen LogP contribution in [0.15, 0.2) is 0 Å². The molecule has 0 unspecified atom stereocenters. The molecule has 0 aliphatic rings. The summed E-state index contributed by atoms with van der Waals surface area (Å²) in [4.78, 5) is 38.2. The van der Waals surface area contributed by atoms with Gasteiger partial charge in [-0.25, -0.2) is 0 Å². The van der Waals surface area contributed by atoms with Gasteiger partial charge >= 0.3 is 17.9 Å². The number of ether oxygens (including phenoxy) is 3. The molecule has 0 spiro atoms. The number of hydrogen-bond acceptors (Lipinski definition) is 6. The first-order chi connectivity index (χ1) is 32.7. The van der Waals surface area contributed by atoms with Gasteiger partial charge < -0.3 is 14.2 Å². The SMILES string of the molecule is CCCCCCCCCCCCCCCCCC(=O)OC[C@H](COC(=O)CCCCCCCCCCCCCCCCCC(C)C)OC(=O)CCCCCCCCCCCCCCCC(C)C. The molecule has 0 radical (unpaired) electrons. The Kier molecular flexibility index (Phi) is 52.5. The summed E-state index contributed by atoms with van der Waals surface area (Å²) in [6, 6.07) is 0. The van der Waals surface area contributed by atoms with E-state index in [9.17, 15) is 14.4 Å². The highest BCUT2D eigenvalue weighted by Crippen LogP contribution is 2.18. The summed E-state index contributed by atoms with van der Waals surface area (Å²) in [7, 11) is 0. The normalized spacial score (nSPS) is 12.0. The second-order valence-corrected chi connectivity index (χ2v) is 21.9. The molecule has 0 saturated heterocycles. The average Bonchev–Trinajstić information content (AvgIpc) is 3.30. The minimum absolute atomic E-state index is 0.0622. The van der Waals surface area contributed by atoms with Crippen LogP contribution in [0, 0.1) is 11.8 Å². The van der Waals surface area contributed by atoms with Crippen LogP contribution in [0.25, 0.3) is 0 Å². The summed E-state index contributed by atoms with van der Waals surface area (Å²) in [6.07, 6.45) is 58.1. The third kappa shape index (κ3) is 55.2. The maximum Gasteiger partial charge on any atom is 0.306 e. The Hall–Kier alpha value is -1.59. The van der Waals surface area contributed by atoms with Crippen LogP contribution in [0.3, 0.4) is 0 Å². The van der Waals surface area contributed by atoms with E-state index in [1.165, 1.54) is 231 Å². The largest absolute Gasteiger partial charge is 0.462 e. The number of esters is 3. The predicted molar refractivity (Wildman–Crippen MR) is 289 cm³/mol. The van der Waals surface area contributed by atoms with E-state index >= 15 is 0 Å². The van der Waals surface area contributed by atoms with Crippen LogP contribution in [0.2, 0.25) is 0 Å². The minimum atomic E-state index is -0.763. The molecule has 1 atom stereocenters. The second-order valence-electron chi connectivity index (χ2n) is 21.9. The van der Waals surface area contributed by atoms with E-state index in [1.54, 1.807) is 0 Å². The number of rotatable bonds is 55. The monoisotopic (exact) mass is 947 g/mol. The lowest BCUT2D eigenvalue weighted by molar-refractivity contribution is -0.167. The molecule has 0 saturated carbocycles. The van der Waals surface area contributed by atoms with Crippen LogP contribution in [0.1, 0.15) is 343 Å². The maximum absolute atomic E-state index is 12.9. The molecule has 0 amide bonds. The number of carbonyl (C=O) groups is 3. The number of hydrogen-bond donors (Lipinski definition) is 0. The minimum Gasteiger partial charge on any atom is -0.462 e. The standard InChI is InChI=1S/C61H118O6/c1-6-7-8-9-10-11-12-13-15-21-26-31-36-41-46-51-59(62)65-54-58(67-61(64)53-48-43-38-33-28-23-18-20-25-30-35-40-45-50-57(4)5)55-66-60(63)52-47-42-37-32-27-22-17-14-16-19-24-29-34-39-44-49-56(2)3/h56-58H,6-55H2,1-5H3/t58-/m1/s1. The van der Waals surface area contributed by atoms with Gasteiger partial charge in [0.2, 0.25) is 0 Å². The van der Waals surface area contributed by atoms with Gasteiger partial charge in [0.05, 0.1) is 0 Å². The van der Waals surface area contributed by atoms with Crippen molar-refractivity contribution in [3.63, 3.8) is 0 Å². The van der Waals surface area contributed by atoms with Crippen LogP contribution < -0.4 is 0 Å². The Bertz CT molecular complexity index is 1020. The van der Waals surface area contributed by atoms with Crippen molar-refractivity contribution in [2.24, 2.45) is 11.8 Å². The Labute approximate surface area is 418 Å². The van der Waals surface area contributed by atoms with Gasteiger partial charge in [0.25, 0.3) is 0 Å². The molecule has 67 heavy (non-hydrogen) atoms. The van der Waals surface area contributed by atoms with Crippen LogP contribution in [-0.2, 0) is 28.6 Å².